The van der Waals surface area contributed by atoms with Crippen molar-refractivity contribution in [3.8, 4) is 0 Å². The van der Waals surface area contributed by atoms with Gasteiger partial charge in [-0.15, -0.1) is 0 Å². The number of piperidine rings is 4. The lowest BCUT2D eigenvalue weighted by atomic mass is 9.77. The molecular weight excluding hydrogens is 372 g/mol. The maximum Gasteiger partial charge on any atom is 0.0711 e. The van der Waals surface area contributed by atoms with E-state index >= 15 is 0 Å². The zero-order chi connectivity index (χ0) is 20.1. The van der Waals surface area contributed by atoms with Crippen LogP contribution in [0, 0.1) is 5.41 Å². The van der Waals surface area contributed by atoms with E-state index in [0.717, 1.165) is 0 Å². The third-order valence-corrected chi connectivity index (χ3v) is 9.53. The average Bonchev–Trinajstić information content (AvgIpc) is 3.24. The van der Waals surface area contributed by atoms with Gasteiger partial charge in [-0.2, -0.15) is 0 Å². The predicted octanol–water partition coefficient (Wildman–Crippen LogP) is 1.79. The monoisotopic (exact) mass is 416 g/mol. The van der Waals surface area contributed by atoms with Crippen LogP contribution in [-0.2, 0) is 0 Å². The lowest BCUT2D eigenvalue weighted by Gasteiger charge is -2.58. The number of hydrogen-bond donors (Lipinski definition) is 4. The molecule has 4 unspecified atom stereocenters. The van der Waals surface area contributed by atoms with Gasteiger partial charge in [0.2, 0.25) is 0 Å². The number of nitrogens with zero attached hydrogens (tertiary/aromatic N) is 2. The molecule has 0 bridgehead atoms. The van der Waals surface area contributed by atoms with Crippen LogP contribution in [0.1, 0.15) is 77.0 Å². The van der Waals surface area contributed by atoms with Crippen LogP contribution in [0.3, 0.4) is 0 Å². The van der Waals surface area contributed by atoms with Gasteiger partial charge in [0.15, 0.2) is 0 Å². The number of rotatable bonds is 2. The Hall–Kier alpha value is -0.240. The van der Waals surface area contributed by atoms with E-state index in [4.69, 9.17) is 0 Å². The first-order valence-electron chi connectivity index (χ1n) is 13.2. The fraction of sp³-hybridized carbons (Fsp3) is 1.00. The van der Waals surface area contributed by atoms with Crippen LogP contribution in [0.15, 0.2) is 0 Å². The molecule has 170 valence electrons. The number of hydrogen-bond acceptors (Lipinski definition) is 6. The largest absolute Gasteiger partial charge is 0.316 e. The summed E-state index contributed by atoms with van der Waals surface area (Å²) in [6.07, 6.45) is 17.4. The van der Waals surface area contributed by atoms with Crippen LogP contribution in [0.2, 0.25) is 0 Å². The molecular formula is C24H44N6. The summed E-state index contributed by atoms with van der Waals surface area (Å²) in [7, 11) is 0. The van der Waals surface area contributed by atoms with Crippen molar-refractivity contribution in [1.82, 2.24) is 31.1 Å². The zero-order valence-electron chi connectivity index (χ0n) is 19.0. The topological polar surface area (TPSA) is 54.6 Å². The molecule has 6 aliphatic rings. The summed E-state index contributed by atoms with van der Waals surface area (Å²) in [6, 6.07) is 0. The van der Waals surface area contributed by atoms with Crippen molar-refractivity contribution < 1.29 is 0 Å². The quantitative estimate of drug-likeness (QED) is 0.551. The second-order valence-electron chi connectivity index (χ2n) is 11.8. The molecule has 6 fully saturated rings. The average molecular weight is 417 g/mol. The minimum atomic E-state index is 0.174. The lowest BCUT2D eigenvalue weighted by Crippen LogP contribution is -2.74. The second-order valence-corrected chi connectivity index (χ2v) is 11.8. The highest BCUT2D eigenvalue weighted by molar-refractivity contribution is 5.06. The third-order valence-electron chi connectivity index (χ3n) is 9.53. The molecule has 6 nitrogen and oxygen atoms in total. The van der Waals surface area contributed by atoms with Crippen LogP contribution >= 0.6 is 0 Å². The Labute approximate surface area is 183 Å². The SMILES string of the molecule is C1CCC2(CCCN(C3CCCC4(CCCC(N5CC6(CCNC6)C5)N4)N3)C2)NC1. The molecule has 3 spiro atoms. The highest BCUT2D eigenvalue weighted by atomic mass is 15.4. The van der Waals surface area contributed by atoms with Crippen molar-refractivity contribution in [2.75, 3.05) is 45.8 Å². The van der Waals surface area contributed by atoms with Crippen molar-refractivity contribution in [3.05, 3.63) is 0 Å². The van der Waals surface area contributed by atoms with Gasteiger partial charge in [0.1, 0.15) is 0 Å². The predicted molar refractivity (Wildman–Crippen MR) is 121 cm³/mol. The Kier molecular flexibility index (Phi) is 5.41. The molecule has 6 heterocycles. The molecule has 6 heteroatoms. The Morgan fingerprint density at radius 2 is 1.43 bits per heavy atom. The Bertz CT molecular complexity index is 595. The van der Waals surface area contributed by atoms with E-state index in [-0.39, 0.29) is 5.66 Å². The van der Waals surface area contributed by atoms with E-state index in [0.29, 0.717) is 23.3 Å². The second kappa shape index (κ2) is 7.96. The van der Waals surface area contributed by atoms with Gasteiger partial charge in [-0.25, -0.2) is 0 Å². The first kappa shape index (κ1) is 20.4. The summed E-state index contributed by atoms with van der Waals surface area (Å²) in [4.78, 5) is 5.57. The van der Waals surface area contributed by atoms with Crippen molar-refractivity contribution in [3.63, 3.8) is 0 Å². The summed E-state index contributed by atoms with van der Waals surface area (Å²) >= 11 is 0. The van der Waals surface area contributed by atoms with Crippen molar-refractivity contribution in [2.24, 2.45) is 5.41 Å². The van der Waals surface area contributed by atoms with Gasteiger partial charge in [0.05, 0.1) is 18.0 Å². The minimum absolute atomic E-state index is 0.174. The first-order valence-corrected chi connectivity index (χ1v) is 13.2. The number of likely N-dealkylation sites (tertiary alicyclic amines) is 2. The van der Waals surface area contributed by atoms with Gasteiger partial charge >= 0.3 is 0 Å². The van der Waals surface area contributed by atoms with Crippen LogP contribution in [-0.4, -0.2) is 79.1 Å². The van der Waals surface area contributed by atoms with Crippen molar-refractivity contribution in [2.45, 2.75) is 101 Å². The van der Waals surface area contributed by atoms with Crippen LogP contribution < -0.4 is 21.3 Å². The molecule has 0 aromatic rings. The van der Waals surface area contributed by atoms with E-state index in [1.807, 2.05) is 0 Å². The van der Waals surface area contributed by atoms with E-state index in [1.165, 1.54) is 123 Å². The maximum absolute atomic E-state index is 4.20. The molecule has 6 rings (SSSR count). The van der Waals surface area contributed by atoms with Crippen molar-refractivity contribution in [1.29, 1.82) is 0 Å². The molecule has 6 aliphatic heterocycles. The van der Waals surface area contributed by atoms with Crippen LogP contribution in [0.25, 0.3) is 0 Å². The Morgan fingerprint density at radius 3 is 2.13 bits per heavy atom. The molecule has 0 aliphatic carbocycles. The van der Waals surface area contributed by atoms with Crippen LogP contribution in [0.5, 0.6) is 0 Å². The van der Waals surface area contributed by atoms with E-state index < -0.39 is 0 Å². The molecule has 0 aromatic carbocycles. The van der Waals surface area contributed by atoms with Gasteiger partial charge in [-0.3, -0.25) is 20.4 Å². The molecule has 4 N–H and O–H groups in total. The molecule has 6 saturated heterocycles. The smallest absolute Gasteiger partial charge is 0.0711 e. The fourth-order valence-electron chi connectivity index (χ4n) is 7.89. The highest BCUT2D eigenvalue weighted by Crippen LogP contribution is 2.40. The van der Waals surface area contributed by atoms with E-state index in [2.05, 4.69) is 31.1 Å². The van der Waals surface area contributed by atoms with E-state index in [1.54, 1.807) is 0 Å². The summed E-state index contributed by atoms with van der Waals surface area (Å²) in [5.41, 5.74) is 1.18. The standard InChI is InChI=1S/C24H44N6/c1-2-13-26-23(8-1)9-5-15-29(19-23)20-6-3-10-24(27-20)11-4-7-21(28-24)30-17-22(18-30)12-14-25-16-22/h20-21,25-28H,1-19H2. The Morgan fingerprint density at radius 1 is 0.667 bits per heavy atom. The molecule has 4 atom stereocenters. The summed E-state index contributed by atoms with van der Waals surface area (Å²) in [6.45, 7) is 8.84. The lowest BCUT2D eigenvalue weighted by molar-refractivity contribution is -0.0729. The van der Waals surface area contributed by atoms with Crippen molar-refractivity contribution >= 4 is 0 Å². The van der Waals surface area contributed by atoms with Crippen LogP contribution in [0.4, 0.5) is 0 Å². The summed E-state index contributed by atoms with van der Waals surface area (Å²) in [5.74, 6) is 0. The van der Waals surface area contributed by atoms with Gasteiger partial charge in [0.25, 0.3) is 0 Å². The number of nitrogens with one attached hydrogen (secondary N) is 4. The Balaban J connectivity index is 1.09. The van der Waals surface area contributed by atoms with Gasteiger partial charge in [-0.1, -0.05) is 6.42 Å². The zero-order valence-corrected chi connectivity index (χ0v) is 19.0. The summed E-state index contributed by atoms with van der Waals surface area (Å²) in [5, 5.41) is 15.9. The van der Waals surface area contributed by atoms with Gasteiger partial charge in [0, 0.05) is 37.1 Å². The molecule has 30 heavy (non-hydrogen) atoms. The molecule has 0 aromatic heterocycles. The molecule has 0 radical (unpaired) electrons. The fourth-order valence-corrected chi connectivity index (χ4v) is 7.89. The van der Waals surface area contributed by atoms with Gasteiger partial charge < -0.3 is 10.6 Å². The van der Waals surface area contributed by atoms with E-state index in [9.17, 15) is 0 Å². The highest BCUT2D eigenvalue weighted by Gasteiger charge is 2.50. The summed E-state index contributed by atoms with van der Waals surface area (Å²) < 4.78 is 0. The maximum atomic E-state index is 4.20. The minimum Gasteiger partial charge on any atom is -0.316 e. The normalized spacial score (nSPS) is 45.2. The first-order chi connectivity index (χ1) is 14.7. The molecule has 0 amide bonds. The molecule has 0 saturated carbocycles. The third kappa shape index (κ3) is 3.75. The van der Waals surface area contributed by atoms with Gasteiger partial charge in [-0.05, 0) is 90.3 Å².